The molecule has 1 N–H and O–H groups in total. The Morgan fingerprint density at radius 2 is 1.82 bits per heavy atom. The lowest BCUT2D eigenvalue weighted by Crippen LogP contribution is -2.31. The fourth-order valence-corrected chi connectivity index (χ4v) is 2.31. The summed E-state index contributed by atoms with van der Waals surface area (Å²) in [6.45, 7) is 4.08. The van der Waals surface area contributed by atoms with E-state index in [0.29, 0.717) is 19.4 Å². The van der Waals surface area contributed by atoms with E-state index in [0.717, 1.165) is 0 Å². The van der Waals surface area contributed by atoms with Gasteiger partial charge in [-0.3, -0.25) is 9.59 Å². The Bertz CT molecular complexity index is 276. The van der Waals surface area contributed by atoms with Crippen molar-refractivity contribution in [3.05, 3.63) is 0 Å². The van der Waals surface area contributed by atoms with Gasteiger partial charge in [-0.1, -0.05) is 0 Å². The van der Waals surface area contributed by atoms with Crippen molar-refractivity contribution in [3.63, 3.8) is 0 Å². The first-order chi connectivity index (χ1) is 8.10. The third kappa shape index (κ3) is 3.70. The van der Waals surface area contributed by atoms with Crippen molar-refractivity contribution in [2.45, 2.75) is 39.2 Å². The van der Waals surface area contributed by atoms with Crippen LogP contribution in [0.1, 0.15) is 33.1 Å². The van der Waals surface area contributed by atoms with E-state index in [-0.39, 0.29) is 24.9 Å². The zero-order valence-electron chi connectivity index (χ0n) is 10.3. The summed E-state index contributed by atoms with van der Waals surface area (Å²) in [7, 11) is 0. The molecule has 0 amide bonds. The predicted octanol–water partition coefficient (Wildman–Crippen LogP) is 0.890. The predicted molar refractivity (Wildman–Crippen MR) is 60.1 cm³/mol. The number of aliphatic hydroxyl groups excluding tert-OH is 1. The highest BCUT2D eigenvalue weighted by Crippen LogP contribution is 2.35. The molecule has 17 heavy (non-hydrogen) atoms. The maximum Gasteiger partial charge on any atom is 0.311 e. The van der Waals surface area contributed by atoms with Crippen molar-refractivity contribution in [2.75, 3.05) is 13.2 Å². The molecule has 1 saturated carbocycles. The van der Waals surface area contributed by atoms with Gasteiger partial charge >= 0.3 is 11.9 Å². The quantitative estimate of drug-likeness (QED) is 0.727. The second kappa shape index (κ2) is 6.59. The molecule has 0 aliphatic heterocycles. The van der Waals surface area contributed by atoms with Crippen LogP contribution < -0.4 is 0 Å². The molecule has 2 unspecified atom stereocenters. The molecule has 0 saturated heterocycles. The van der Waals surface area contributed by atoms with Crippen molar-refractivity contribution < 1.29 is 24.2 Å². The van der Waals surface area contributed by atoms with Gasteiger partial charge in [0.25, 0.3) is 0 Å². The van der Waals surface area contributed by atoms with Crippen molar-refractivity contribution in [1.82, 2.24) is 0 Å². The van der Waals surface area contributed by atoms with Crippen molar-refractivity contribution in [2.24, 2.45) is 11.8 Å². The summed E-state index contributed by atoms with van der Waals surface area (Å²) in [6, 6.07) is 0. The summed E-state index contributed by atoms with van der Waals surface area (Å²) in [4.78, 5) is 23.0. The van der Waals surface area contributed by atoms with Crippen LogP contribution in [0.15, 0.2) is 0 Å². The first-order valence-electron chi connectivity index (χ1n) is 6.10. The van der Waals surface area contributed by atoms with E-state index in [2.05, 4.69) is 0 Å². The Balaban J connectivity index is 2.58. The number of hydrogen-bond acceptors (Lipinski definition) is 5. The standard InChI is InChI=1S/C12H20O5/c1-3-16-10(14)7-8-5-6-9(13)11(8)12(15)17-4-2/h8-9,11,13H,3-7H2,1-2H3/t8?,9-,11?/m1/s1. The lowest BCUT2D eigenvalue weighted by Gasteiger charge is -2.19. The summed E-state index contributed by atoms with van der Waals surface area (Å²) < 4.78 is 9.77. The van der Waals surface area contributed by atoms with Gasteiger partial charge in [-0.05, 0) is 32.6 Å². The third-order valence-electron chi connectivity index (χ3n) is 3.05. The maximum absolute atomic E-state index is 11.7. The molecule has 0 aromatic rings. The van der Waals surface area contributed by atoms with Crippen molar-refractivity contribution in [3.8, 4) is 0 Å². The van der Waals surface area contributed by atoms with Crippen LogP contribution in [0.3, 0.4) is 0 Å². The smallest absolute Gasteiger partial charge is 0.311 e. The highest BCUT2D eigenvalue weighted by atomic mass is 16.5. The Morgan fingerprint density at radius 3 is 2.41 bits per heavy atom. The van der Waals surface area contributed by atoms with Crippen LogP contribution in [-0.4, -0.2) is 36.4 Å². The van der Waals surface area contributed by atoms with Gasteiger partial charge in [-0.15, -0.1) is 0 Å². The number of carbonyl (C=O) groups excluding carboxylic acids is 2. The highest BCUT2D eigenvalue weighted by Gasteiger charge is 2.42. The summed E-state index contributed by atoms with van der Waals surface area (Å²) in [6.07, 6.45) is 0.666. The van der Waals surface area contributed by atoms with Gasteiger partial charge in [0.05, 0.1) is 25.2 Å². The molecule has 5 nitrogen and oxygen atoms in total. The van der Waals surface area contributed by atoms with Crippen LogP contribution in [-0.2, 0) is 19.1 Å². The molecule has 0 radical (unpaired) electrons. The van der Waals surface area contributed by atoms with Crippen LogP contribution in [0.5, 0.6) is 0 Å². The number of aliphatic hydroxyl groups is 1. The lowest BCUT2D eigenvalue weighted by atomic mass is 9.92. The number of rotatable bonds is 5. The van der Waals surface area contributed by atoms with E-state index < -0.39 is 18.0 Å². The zero-order valence-corrected chi connectivity index (χ0v) is 10.3. The van der Waals surface area contributed by atoms with E-state index in [1.807, 2.05) is 0 Å². The molecule has 1 aliphatic rings. The van der Waals surface area contributed by atoms with Gasteiger partial charge in [0.1, 0.15) is 0 Å². The van der Waals surface area contributed by atoms with Crippen LogP contribution >= 0.6 is 0 Å². The summed E-state index contributed by atoms with van der Waals surface area (Å²) >= 11 is 0. The van der Waals surface area contributed by atoms with Crippen molar-refractivity contribution in [1.29, 1.82) is 0 Å². The molecule has 1 rings (SSSR count). The largest absolute Gasteiger partial charge is 0.466 e. The van der Waals surface area contributed by atoms with Gasteiger partial charge in [0.15, 0.2) is 0 Å². The molecule has 0 aromatic heterocycles. The number of ether oxygens (including phenoxy) is 2. The van der Waals surface area contributed by atoms with E-state index in [1.165, 1.54) is 0 Å². The van der Waals surface area contributed by atoms with Gasteiger partial charge in [0, 0.05) is 6.42 Å². The van der Waals surface area contributed by atoms with Crippen LogP contribution in [0.4, 0.5) is 0 Å². The molecular formula is C12H20O5. The third-order valence-corrected chi connectivity index (χ3v) is 3.05. The van der Waals surface area contributed by atoms with Gasteiger partial charge < -0.3 is 14.6 Å². The summed E-state index contributed by atoms with van der Waals surface area (Å²) in [5.74, 6) is -1.48. The Hall–Kier alpha value is -1.10. The average molecular weight is 244 g/mol. The van der Waals surface area contributed by atoms with E-state index in [4.69, 9.17) is 9.47 Å². The van der Waals surface area contributed by atoms with Gasteiger partial charge in [0.2, 0.25) is 0 Å². The number of esters is 2. The molecular weight excluding hydrogens is 224 g/mol. The minimum Gasteiger partial charge on any atom is -0.466 e. The number of hydrogen-bond donors (Lipinski definition) is 1. The molecule has 0 spiro atoms. The van der Waals surface area contributed by atoms with E-state index in [1.54, 1.807) is 13.8 Å². The van der Waals surface area contributed by atoms with E-state index >= 15 is 0 Å². The molecule has 0 heterocycles. The topological polar surface area (TPSA) is 72.8 Å². The molecule has 5 heteroatoms. The second-order valence-corrected chi connectivity index (χ2v) is 4.19. The van der Waals surface area contributed by atoms with Gasteiger partial charge in [-0.2, -0.15) is 0 Å². The molecule has 1 aliphatic carbocycles. The molecule has 3 atom stereocenters. The zero-order chi connectivity index (χ0) is 12.8. The molecule has 1 fully saturated rings. The maximum atomic E-state index is 11.7. The van der Waals surface area contributed by atoms with E-state index in [9.17, 15) is 14.7 Å². The van der Waals surface area contributed by atoms with Crippen molar-refractivity contribution >= 4 is 11.9 Å². The van der Waals surface area contributed by atoms with Crippen LogP contribution in [0.25, 0.3) is 0 Å². The second-order valence-electron chi connectivity index (χ2n) is 4.19. The summed E-state index contributed by atoms with van der Waals surface area (Å²) in [5.41, 5.74) is 0. The Labute approximate surface area is 101 Å². The fraction of sp³-hybridized carbons (Fsp3) is 0.833. The normalized spacial score (nSPS) is 27.8. The first-order valence-corrected chi connectivity index (χ1v) is 6.10. The first kappa shape index (κ1) is 14.0. The Kier molecular flexibility index (Phi) is 5.41. The fourth-order valence-electron chi connectivity index (χ4n) is 2.31. The SMILES string of the molecule is CCOC(=O)CC1CC[C@@H](O)C1C(=O)OCC. The minimum atomic E-state index is -0.700. The Morgan fingerprint density at radius 1 is 1.18 bits per heavy atom. The van der Waals surface area contributed by atoms with Crippen LogP contribution in [0, 0.1) is 11.8 Å². The highest BCUT2D eigenvalue weighted by molar-refractivity contribution is 5.76. The number of carbonyl (C=O) groups is 2. The monoisotopic (exact) mass is 244 g/mol. The molecule has 0 bridgehead atoms. The summed E-state index contributed by atoms with van der Waals surface area (Å²) in [5, 5.41) is 9.75. The molecule has 0 aromatic carbocycles. The molecule has 98 valence electrons. The van der Waals surface area contributed by atoms with Crippen LogP contribution in [0.2, 0.25) is 0 Å². The lowest BCUT2D eigenvalue weighted by molar-refractivity contribution is -0.154. The minimum absolute atomic E-state index is 0.164. The van der Waals surface area contributed by atoms with Gasteiger partial charge in [-0.25, -0.2) is 0 Å². The average Bonchev–Trinajstić information content (AvgIpc) is 2.60.